The first-order chi connectivity index (χ1) is 8.89. The van der Waals surface area contributed by atoms with Crippen molar-refractivity contribution in [3.8, 4) is 0 Å². The van der Waals surface area contributed by atoms with Crippen LogP contribution in [0, 0.1) is 5.41 Å². The Hall–Kier alpha value is -1.39. The van der Waals surface area contributed by atoms with E-state index in [1.807, 2.05) is 19.2 Å². The van der Waals surface area contributed by atoms with Crippen LogP contribution >= 0.6 is 0 Å². The van der Waals surface area contributed by atoms with Crippen molar-refractivity contribution in [3.63, 3.8) is 0 Å². The monoisotopic (exact) mass is 262 g/mol. The van der Waals surface area contributed by atoms with Gasteiger partial charge in [0, 0.05) is 30.8 Å². The van der Waals surface area contributed by atoms with E-state index in [1.165, 1.54) is 5.56 Å². The van der Waals surface area contributed by atoms with Crippen molar-refractivity contribution in [2.75, 3.05) is 25.5 Å². The van der Waals surface area contributed by atoms with Gasteiger partial charge in [-0.2, -0.15) is 0 Å². The molecule has 104 valence electrons. The number of rotatable bonds is 5. The van der Waals surface area contributed by atoms with Crippen molar-refractivity contribution < 1.29 is 9.90 Å². The molecule has 2 N–H and O–H groups in total. The number of fused-ring (bicyclic) bond motifs is 1. The fraction of sp³-hybridized carbons (Fsp3) is 0.533. The molecule has 1 heterocycles. The molecule has 4 nitrogen and oxygen atoms in total. The van der Waals surface area contributed by atoms with E-state index in [0.29, 0.717) is 6.42 Å². The lowest BCUT2D eigenvalue weighted by Gasteiger charge is -2.28. The zero-order chi connectivity index (χ0) is 14.0. The highest BCUT2D eigenvalue weighted by Gasteiger charge is 2.20. The maximum absolute atomic E-state index is 11.3. The lowest BCUT2D eigenvalue weighted by atomic mass is 9.94. The van der Waals surface area contributed by atoms with E-state index >= 15 is 0 Å². The molecule has 1 aromatic carbocycles. The van der Waals surface area contributed by atoms with Crippen LogP contribution in [0.15, 0.2) is 18.2 Å². The Balaban J connectivity index is 2.01. The Bertz CT molecular complexity index is 483. The molecule has 4 heteroatoms. The van der Waals surface area contributed by atoms with Crippen molar-refractivity contribution in [3.05, 3.63) is 29.3 Å². The highest BCUT2D eigenvalue weighted by molar-refractivity contribution is 5.99. The molecular formula is C15H22N2O2. The van der Waals surface area contributed by atoms with Crippen LogP contribution in [0.1, 0.15) is 25.0 Å². The minimum atomic E-state index is -0.0942. The zero-order valence-corrected chi connectivity index (χ0v) is 11.9. The van der Waals surface area contributed by atoms with Crippen molar-refractivity contribution in [1.82, 2.24) is 4.90 Å². The summed E-state index contributed by atoms with van der Waals surface area (Å²) in [5, 5.41) is 12.1. The molecule has 1 aliphatic rings. The highest BCUT2D eigenvalue weighted by Crippen LogP contribution is 2.24. The molecular weight excluding hydrogens is 240 g/mol. The van der Waals surface area contributed by atoms with Crippen LogP contribution < -0.4 is 5.32 Å². The van der Waals surface area contributed by atoms with Crippen molar-refractivity contribution in [2.45, 2.75) is 26.8 Å². The lowest BCUT2D eigenvalue weighted by Crippen LogP contribution is -2.33. The van der Waals surface area contributed by atoms with Crippen LogP contribution in [-0.2, 0) is 17.8 Å². The summed E-state index contributed by atoms with van der Waals surface area (Å²) in [6.45, 7) is 5.94. The Morgan fingerprint density at radius 2 is 2.16 bits per heavy atom. The molecule has 0 aromatic heterocycles. The number of hydrogen-bond acceptors (Lipinski definition) is 3. The van der Waals surface area contributed by atoms with Gasteiger partial charge in [-0.05, 0) is 24.2 Å². The molecule has 0 radical (unpaired) electrons. The van der Waals surface area contributed by atoms with E-state index < -0.39 is 0 Å². The summed E-state index contributed by atoms with van der Waals surface area (Å²) in [7, 11) is 2.05. The van der Waals surface area contributed by atoms with Crippen LogP contribution in [0.4, 0.5) is 5.69 Å². The van der Waals surface area contributed by atoms with Gasteiger partial charge in [0.05, 0.1) is 6.42 Å². The summed E-state index contributed by atoms with van der Waals surface area (Å²) in [6, 6.07) is 6.11. The van der Waals surface area contributed by atoms with E-state index in [4.69, 9.17) is 0 Å². The van der Waals surface area contributed by atoms with Gasteiger partial charge >= 0.3 is 0 Å². The largest absolute Gasteiger partial charge is 0.396 e. The van der Waals surface area contributed by atoms with Gasteiger partial charge in [-0.25, -0.2) is 0 Å². The van der Waals surface area contributed by atoms with Gasteiger partial charge in [-0.1, -0.05) is 26.0 Å². The summed E-state index contributed by atoms with van der Waals surface area (Å²) >= 11 is 0. The number of carbonyl (C=O) groups excluding carboxylic acids is 1. The second kappa shape index (κ2) is 5.31. The average Bonchev–Trinajstić information content (AvgIpc) is 2.67. The molecule has 0 bridgehead atoms. The van der Waals surface area contributed by atoms with Gasteiger partial charge in [-0.15, -0.1) is 0 Å². The first-order valence-electron chi connectivity index (χ1n) is 6.61. The minimum absolute atomic E-state index is 0.0712. The molecule has 0 saturated heterocycles. The third-order valence-corrected chi connectivity index (χ3v) is 3.37. The Kier molecular flexibility index (Phi) is 3.92. The number of benzene rings is 1. The van der Waals surface area contributed by atoms with Crippen molar-refractivity contribution >= 4 is 11.6 Å². The number of hydrogen-bond donors (Lipinski definition) is 2. The van der Waals surface area contributed by atoms with Crippen LogP contribution in [0.2, 0.25) is 0 Å². The SMILES string of the molecule is CN(Cc1ccc2c(c1)CC(=O)N2)CC(C)(C)CO. The Morgan fingerprint density at radius 3 is 2.84 bits per heavy atom. The quantitative estimate of drug-likeness (QED) is 0.848. The second-order valence-electron chi connectivity index (χ2n) is 6.21. The minimum Gasteiger partial charge on any atom is -0.396 e. The van der Waals surface area contributed by atoms with Gasteiger partial charge in [0.1, 0.15) is 0 Å². The molecule has 0 unspecified atom stereocenters. The first-order valence-corrected chi connectivity index (χ1v) is 6.61. The molecule has 2 rings (SSSR count). The van der Waals surface area contributed by atoms with Gasteiger partial charge in [0.25, 0.3) is 0 Å². The van der Waals surface area contributed by atoms with Crippen LogP contribution in [0.5, 0.6) is 0 Å². The van der Waals surface area contributed by atoms with Gasteiger partial charge in [-0.3, -0.25) is 4.79 Å². The third kappa shape index (κ3) is 3.55. The smallest absolute Gasteiger partial charge is 0.228 e. The Labute approximate surface area is 114 Å². The number of aliphatic hydroxyl groups excluding tert-OH is 1. The van der Waals surface area contributed by atoms with Gasteiger partial charge in [0.15, 0.2) is 0 Å². The fourth-order valence-corrected chi connectivity index (χ4v) is 2.53. The van der Waals surface area contributed by atoms with Crippen molar-refractivity contribution in [1.29, 1.82) is 0 Å². The predicted octanol–water partition coefficient (Wildman–Crippen LogP) is 1.63. The second-order valence-corrected chi connectivity index (χ2v) is 6.21. The standard InChI is InChI=1S/C15H22N2O2/c1-15(2,10-18)9-17(3)8-11-4-5-13-12(6-11)7-14(19)16-13/h4-6,18H,7-10H2,1-3H3,(H,16,19). The first kappa shape index (κ1) is 14.0. The lowest BCUT2D eigenvalue weighted by molar-refractivity contribution is -0.115. The summed E-state index contributed by atoms with van der Waals surface area (Å²) in [5.41, 5.74) is 3.12. The number of nitrogens with one attached hydrogen (secondary N) is 1. The topological polar surface area (TPSA) is 52.6 Å². The molecule has 0 spiro atoms. The summed E-state index contributed by atoms with van der Waals surface area (Å²) in [4.78, 5) is 13.5. The van der Waals surface area contributed by atoms with E-state index in [2.05, 4.69) is 30.1 Å². The van der Waals surface area contributed by atoms with E-state index in [1.54, 1.807) is 0 Å². The molecule has 0 fully saturated rings. The summed E-state index contributed by atoms with van der Waals surface area (Å²) < 4.78 is 0. The molecule has 1 amide bonds. The average molecular weight is 262 g/mol. The maximum Gasteiger partial charge on any atom is 0.228 e. The van der Waals surface area contributed by atoms with E-state index in [0.717, 1.165) is 24.3 Å². The molecule has 0 atom stereocenters. The molecule has 1 aromatic rings. The van der Waals surface area contributed by atoms with E-state index in [-0.39, 0.29) is 17.9 Å². The third-order valence-electron chi connectivity index (χ3n) is 3.37. The number of amides is 1. The number of aliphatic hydroxyl groups is 1. The van der Waals surface area contributed by atoms with E-state index in [9.17, 15) is 9.90 Å². The molecule has 0 aliphatic carbocycles. The van der Waals surface area contributed by atoms with Gasteiger partial charge in [0.2, 0.25) is 5.91 Å². The maximum atomic E-state index is 11.3. The van der Waals surface area contributed by atoms with Crippen LogP contribution in [0.25, 0.3) is 0 Å². The van der Waals surface area contributed by atoms with Gasteiger partial charge < -0.3 is 15.3 Å². The molecule has 19 heavy (non-hydrogen) atoms. The zero-order valence-electron chi connectivity index (χ0n) is 11.9. The highest BCUT2D eigenvalue weighted by atomic mass is 16.3. The van der Waals surface area contributed by atoms with Crippen LogP contribution in [-0.4, -0.2) is 36.1 Å². The Morgan fingerprint density at radius 1 is 1.42 bits per heavy atom. The molecule has 0 saturated carbocycles. The number of anilines is 1. The normalized spacial score (nSPS) is 14.7. The molecule has 1 aliphatic heterocycles. The number of carbonyl (C=O) groups is 1. The fourth-order valence-electron chi connectivity index (χ4n) is 2.53. The summed E-state index contributed by atoms with van der Waals surface area (Å²) in [6.07, 6.45) is 0.481. The summed E-state index contributed by atoms with van der Waals surface area (Å²) in [5.74, 6) is 0.0712. The van der Waals surface area contributed by atoms with Crippen LogP contribution in [0.3, 0.4) is 0 Å². The number of nitrogens with zero attached hydrogens (tertiary/aromatic N) is 1. The van der Waals surface area contributed by atoms with Crippen molar-refractivity contribution in [2.24, 2.45) is 5.41 Å². The predicted molar refractivity (Wildman–Crippen MR) is 76.0 cm³/mol.